The number of anilines is 1. The number of benzene rings is 1. The van der Waals surface area contributed by atoms with Crippen LogP contribution in [0.2, 0.25) is 0 Å². The third-order valence-electron chi connectivity index (χ3n) is 3.76. The Morgan fingerprint density at radius 2 is 1.67 bits per heavy atom. The summed E-state index contributed by atoms with van der Waals surface area (Å²) >= 11 is 0. The number of unbranched alkanes of at least 4 members (excludes halogenated alkanes) is 1. The molecular weight excluding hydrogens is 258 g/mol. The Morgan fingerprint density at radius 1 is 0.952 bits per heavy atom. The number of rotatable bonds is 4. The molecule has 3 rings (SSSR count). The predicted octanol–water partition coefficient (Wildman–Crippen LogP) is 4.61. The van der Waals surface area contributed by atoms with Crippen molar-refractivity contribution < 1.29 is 0 Å². The van der Waals surface area contributed by atoms with Crippen molar-refractivity contribution in [3.8, 4) is 0 Å². The summed E-state index contributed by atoms with van der Waals surface area (Å²) in [4.78, 5) is 9.42. The van der Waals surface area contributed by atoms with Crippen LogP contribution in [-0.2, 0) is 0 Å². The quantitative estimate of drug-likeness (QED) is 0.559. The third kappa shape index (κ3) is 2.68. The van der Waals surface area contributed by atoms with Crippen LogP contribution in [-0.4, -0.2) is 16.5 Å². The number of nitrogens with zero attached hydrogens (tertiary/aromatic N) is 2. The van der Waals surface area contributed by atoms with Crippen LogP contribution in [0, 0.1) is 13.8 Å². The molecule has 0 unspecified atom stereocenters. The summed E-state index contributed by atoms with van der Waals surface area (Å²) in [5.41, 5.74) is 5.20. The SMILES string of the molecule is CCCCNc1cc2ccc(C)nc2c2nc(C)ccc12. The first kappa shape index (κ1) is 13.8. The van der Waals surface area contributed by atoms with Crippen molar-refractivity contribution in [2.45, 2.75) is 33.6 Å². The van der Waals surface area contributed by atoms with E-state index < -0.39 is 0 Å². The summed E-state index contributed by atoms with van der Waals surface area (Å²) in [5.74, 6) is 0. The molecule has 3 heteroatoms. The molecular formula is C18H21N3. The average Bonchev–Trinajstić information content (AvgIpc) is 2.48. The van der Waals surface area contributed by atoms with Gasteiger partial charge in [-0.2, -0.15) is 0 Å². The van der Waals surface area contributed by atoms with Gasteiger partial charge in [-0.05, 0) is 44.5 Å². The van der Waals surface area contributed by atoms with Crippen LogP contribution in [0.5, 0.6) is 0 Å². The monoisotopic (exact) mass is 279 g/mol. The molecule has 0 spiro atoms. The lowest BCUT2D eigenvalue weighted by molar-refractivity contribution is 0.835. The lowest BCUT2D eigenvalue weighted by Gasteiger charge is -2.12. The number of aromatic nitrogens is 2. The molecule has 21 heavy (non-hydrogen) atoms. The highest BCUT2D eigenvalue weighted by atomic mass is 14.9. The van der Waals surface area contributed by atoms with Gasteiger partial charge < -0.3 is 5.32 Å². The molecule has 0 atom stereocenters. The standard InChI is InChI=1S/C18H21N3/c1-4-5-10-19-16-11-14-8-6-12(2)20-17(14)18-15(16)9-7-13(3)21-18/h6-9,11,19H,4-5,10H2,1-3H3. The van der Waals surface area contributed by atoms with Gasteiger partial charge in [-0.25, -0.2) is 0 Å². The number of nitrogens with one attached hydrogen (secondary N) is 1. The summed E-state index contributed by atoms with van der Waals surface area (Å²) in [7, 11) is 0. The normalized spacial score (nSPS) is 11.2. The predicted molar refractivity (Wildman–Crippen MR) is 89.9 cm³/mol. The Labute approximate surface area is 125 Å². The molecule has 3 nitrogen and oxygen atoms in total. The van der Waals surface area contributed by atoms with E-state index in [0.717, 1.165) is 45.4 Å². The van der Waals surface area contributed by atoms with Crippen molar-refractivity contribution >= 4 is 27.5 Å². The fourth-order valence-corrected chi connectivity index (χ4v) is 2.61. The van der Waals surface area contributed by atoms with Gasteiger partial charge in [0.25, 0.3) is 0 Å². The summed E-state index contributed by atoms with van der Waals surface area (Å²) in [6, 6.07) is 10.6. The molecule has 2 aromatic heterocycles. The van der Waals surface area contributed by atoms with Crippen molar-refractivity contribution in [1.29, 1.82) is 0 Å². The molecule has 0 amide bonds. The van der Waals surface area contributed by atoms with Crippen LogP contribution >= 0.6 is 0 Å². The van der Waals surface area contributed by atoms with E-state index in [4.69, 9.17) is 9.97 Å². The molecule has 1 N–H and O–H groups in total. The van der Waals surface area contributed by atoms with Crippen molar-refractivity contribution in [1.82, 2.24) is 9.97 Å². The van der Waals surface area contributed by atoms with Crippen molar-refractivity contribution in [3.63, 3.8) is 0 Å². The van der Waals surface area contributed by atoms with Gasteiger partial charge in [0.1, 0.15) is 0 Å². The molecule has 0 bridgehead atoms. The van der Waals surface area contributed by atoms with Gasteiger partial charge in [0.15, 0.2) is 0 Å². The molecule has 108 valence electrons. The highest BCUT2D eigenvalue weighted by molar-refractivity contribution is 6.09. The second-order valence-corrected chi connectivity index (χ2v) is 5.58. The fourth-order valence-electron chi connectivity index (χ4n) is 2.61. The lowest BCUT2D eigenvalue weighted by atomic mass is 10.1. The van der Waals surface area contributed by atoms with Gasteiger partial charge in [0.05, 0.1) is 11.0 Å². The van der Waals surface area contributed by atoms with Crippen LogP contribution in [0.25, 0.3) is 21.8 Å². The van der Waals surface area contributed by atoms with Crippen molar-refractivity contribution in [3.05, 3.63) is 41.7 Å². The second-order valence-electron chi connectivity index (χ2n) is 5.58. The second kappa shape index (κ2) is 5.68. The summed E-state index contributed by atoms with van der Waals surface area (Å²) in [6.07, 6.45) is 2.36. The highest BCUT2D eigenvalue weighted by Gasteiger charge is 2.09. The van der Waals surface area contributed by atoms with Gasteiger partial charge in [0, 0.05) is 34.4 Å². The Kier molecular flexibility index (Phi) is 3.74. The van der Waals surface area contributed by atoms with E-state index in [1.54, 1.807) is 0 Å². The van der Waals surface area contributed by atoms with Gasteiger partial charge in [-0.1, -0.05) is 19.4 Å². The number of aryl methyl sites for hydroxylation is 2. The number of hydrogen-bond acceptors (Lipinski definition) is 3. The van der Waals surface area contributed by atoms with Crippen LogP contribution in [0.1, 0.15) is 31.2 Å². The van der Waals surface area contributed by atoms with Crippen LogP contribution in [0.15, 0.2) is 30.3 Å². The van der Waals surface area contributed by atoms with Gasteiger partial charge >= 0.3 is 0 Å². The molecule has 0 saturated heterocycles. The van der Waals surface area contributed by atoms with E-state index >= 15 is 0 Å². The Balaban J connectivity index is 2.24. The fraction of sp³-hybridized carbons (Fsp3) is 0.333. The molecule has 2 heterocycles. The third-order valence-corrected chi connectivity index (χ3v) is 3.76. The lowest BCUT2D eigenvalue weighted by Crippen LogP contribution is -2.02. The smallest absolute Gasteiger partial charge is 0.0988 e. The summed E-state index contributed by atoms with van der Waals surface area (Å²) in [6.45, 7) is 7.24. The van der Waals surface area contributed by atoms with Crippen molar-refractivity contribution in [2.75, 3.05) is 11.9 Å². The number of hydrogen-bond donors (Lipinski definition) is 1. The van der Waals surface area contributed by atoms with Crippen molar-refractivity contribution in [2.24, 2.45) is 0 Å². The van der Waals surface area contributed by atoms with E-state index in [1.165, 1.54) is 12.8 Å². The molecule has 0 aliphatic heterocycles. The maximum atomic E-state index is 4.73. The Hall–Kier alpha value is -2.16. The van der Waals surface area contributed by atoms with Gasteiger partial charge in [-0.3, -0.25) is 9.97 Å². The minimum Gasteiger partial charge on any atom is -0.384 e. The average molecular weight is 279 g/mol. The number of fused-ring (bicyclic) bond motifs is 3. The molecule has 0 aliphatic carbocycles. The Morgan fingerprint density at radius 3 is 2.43 bits per heavy atom. The Bertz CT molecular complexity index is 793. The maximum Gasteiger partial charge on any atom is 0.0988 e. The molecule has 0 fully saturated rings. The minimum atomic E-state index is 0.990. The van der Waals surface area contributed by atoms with E-state index in [0.29, 0.717) is 0 Å². The first-order valence-electron chi connectivity index (χ1n) is 7.60. The van der Waals surface area contributed by atoms with Crippen LogP contribution in [0.4, 0.5) is 5.69 Å². The topological polar surface area (TPSA) is 37.8 Å². The molecule has 1 aromatic carbocycles. The van der Waals surface area contributed by atoms with E-state index in [-0.39, 0.29) is 0 Å². The van der Waals surface area contributed by atoms with E-state index in [2.05, 4.69) is 42.6 Å². The maximum absolute atomic E-state index is 4.73. The summed E-state index contributed by atoms with van der Waals surface area (Å²) in [5, 5.41) is 5.85. The summed E-state index contributed by atoms with van der Waals surface area (Å²) < 4.78 is 0. The van der Waals surface area contributed by atoms with Crippen LogP contribution < -0.4 is 5.32 Å². The zero-order chi connectivity index (χ0) is 14.8. The first-order chi connectivity index (χ1) is 10.2. The highest BCUT2D eigenvalue weighted by Crippen LogP contribution is 2.30. The molecule has 3 aromatic rings. The van der Waals surface area contributed by atoms with Gasteiger partial charge in [-0.15, -0.1) is 0 Å². The minimum absolute atomic E-state index is 0.990. The number of pyridine rings is 2. The zero-order valence-corrected chi connectivity index (χ0v) is 12.9. The molecule has 0 saturated carbocycles. The first-order valence-corrected chi connectivity index (χ1v) is 7.60. The largest absolute Gasteiger partial charge is 0.384 e. The van der Waals surface area contributed by atoms with E-state index in [9.17, 15) is 0 Å². The molecule has 0 aliphatic rings. The van der Waals surface area contributed by atoms with Gasteiger partial charge in [0.2, 0.25) is 0 Å². The van der Waals surface area contributed by atoms with Crippen LogP contribution in [0.3, 0.4) is 0 Å². The molecule has 0 radical (unpaired) electrons. The van der Waals surface area contributed by atoms with E-state index in [1.807, 2.05) is 13.8 Å². The zero-order valence-electron chi connectivity index (χ0n) is 12.9.